The molecule has 30 heavy (non-hydrogen) atoms. The maximum Gasteiger partial charge on any atom is 0.405 e. The molecule has 0 unspecified atom stereocenters. The van der Waals surface area contributed by atoms with Crippen LogP contribution in [-0.2, 0) is 4.79 Å². The van der Waals surface area contributed by atoms with Crippen LogP contribution in [0.1, 0.15) is 79.0 Å². The number of nitrogens with zero attached hydrogens (tertiary/aromatic N) is 1. The van der Waals surface area contributed by atoms with Crippen molar-refractivity contribution < 1.29 is 14.7 Å². The third-order valence-corrected chi connectivity index (χ3v) is 12.9. The van der Waals surface area contributed by atoms with Gasteiger partial charge in [-0.05, 0) is 53.7 Å². The van der Waals surface area contributed by atoms with Crippen LogP contribution >= 0.6 is 0 Å². The van der Waals surface area contributed by atoms with E-state index in [0.717, 1.165) is 16.8 Å². The number of carboxylic acid groups (broad SMARTS) is 1. The van der Waals surface area contributed by atoms with Gasteiger partial charge in [-0.1, -0.05) is 47.5 Å². The number of nitrogens with one attached hydrogen (secondary N) is 1. The third-order valence-electron chi connectivity index (χ3n) is 6.61. The number of amides is 2. The molecule has 2 N–H and O–H groups in total. The zero-order valence-corrected chi connectivity index (χ0v) is 20.5. The molecule has 5 nitrogen and oxygen atoms in total. The normalized spacial score (nSPS) is 18.8. The van der Waals surface area contributed by atoms with E-state index in [0.29, 0.717) is 23.0 Å². The van der Waals surface area contributed by atoms with E-state index in [-0.39, 0.29) is 18.0 Å². The largest absolute Gasteiger partial charge is 0.465 e. The fourth-order valence-corrected chi connectivity index (χ4v) is 10.5. The Labute approximate surface area is 182 Å². The fourth-order valence-electron chi connectivity index (χ4n) is 5.32. The molecule has 0 fully saturated rings. The highest BCUT2D eigenvalue weighted by Crippen LogP contribution is 2.41. The summed E-state index contributed by atoms with van der Waals surface area (Å²) in [5.74, 6) is 3.40. The molecular weight excluding hydrogens is 392 g/mol. The van der Waals surface area contributed by atoms with Gasteiger partial charge in [-0.15, -0.1) is 5.54 Å². The minimum Gasteiger partial charge on any atom is -0.465 e. The standard InChI is InChI=1S/C24H36N2O3Si/c1-15(2)30(16(3)4,17(5)6)12-11-20-9-10-23-21(14-20)22(25-24(28)29)13-18(7)26(23)19(8)27/h9-10,14-18,22,25H,13H2,1-8H3,(H,28,29)/t18-,22+/m0/s1. The first-order chi connectivity index (χ1) is 13.9. The molecule has 2 atom stereocenters. The molecule has 164 valence electrons. The highest BCUT2D eigenvalue weighted by Gasteiger charge is 2.41. The molecule has 1 aliphatic rings. The van der Waals surface area contributed by atoms with Gasteiger partial charge < -0.3 is 15.3 Å². The van der Waals surface area contributed by atoms with Gasteiger partial charge in [0.05, 0.1) is 6.04 Å². The quantitative estimate of drug-likeness (QED) is 0.477. The molecule has 0 aliphatic carbocycles. The summed E-state index contributed by atoms with van der Waals surface area (Å²) in [5, 5.41) is 11.9. The van der Waals surface area contributed by atoms with Crippen molar-refractivity contribution >= 4 is 25.8 Å². The second-order valence-corrected chi connectivity index (χ2v) is 15.0. The van der Waals surface area contributed by atoms with Crippen LogP contribution in [0.2, 0.25) is 16.6 Å². The highest BCUT2D eigenvalue weighted by molar-refractivity contribution is 6.90. The predicted molar refractivity (Wildman–Crippen MR) is 126 cm³/mol. The lowest BCUT2D eigenvalue weighted by Gasteiger charge is -2.39. The summed E-state index contributed by atoms with van der Waals surface area (Å²) < 4.78 is 0. The zero-order valence-electron chi connectivity index (χ0n) is 19.5. The Bertz CT molecular complexity index is 845. The summed E-state index contributed by atoms with van der Waals surface area (Å²) in [6.45, 7) is 17.2. The Kier molecular flexibility index (Phi) is 7.41. The minimum absolute atomic E-state index is 0.0396. The van der Waals surface area contributed by atoms with Crippen molar-refractivity contribution in [1.82, 2.24) is 5.32 Å². The van der Waals surface area contributed by atoms with E-state index in [4.69, 9.17) is 0 Å². The van der Waals surface area contributed by atoms with E-state index < -0.39 is 14.2 Å². The maximum atomic E-state index is 12.2. The lowest BCUT2D eigenvalue weighted by Crippen LogP contribution is -2.45. The summed E-state index contributed by atoms with van der Waals surface area (Å²) in [5.41, 5.74) is 7.81. The van der Waals surface area contributed by atoms with Crippen molar-refractivity contribution in [3.63, 3.8) is 0 Å². The van der Waals surface area contributed by atoms with Crippen molar-refractivity contribution in [1.29, 1.82) is 0 Å². The minimum atomic E-state index is -1.87. The molecule has 2 rings (SSSR count). The molecule has 0 radical (unpaired) electrons. The molecule has 1 heterocycles. The SMILES string of the molecule is CC(=O)N1c2ccc(C#C[Si](C(C)C)(C(C)C)C(C)C)cc2[C@H](NC(=O)O)C[C@@H]1C. The second-order valence-electron chi connectivity index (χ2n) is 9.40. The lowest BCUT2D eigenvalue weighted by molar-refractivity contribution is -0.117. The number of fused-ring (bicyclic) bond motifs is 1. The number of hydrogen-bond donors (Lipinski definition) is 2. The van der Waals surface area contributed by atoms with Gasteiger partial charge in [-0.25, -0.2) is 4.79 Å². The van der Waals surface area contributed by atoms with Gasteiger partial charge in [-0.3, -0.25) is 4.79 Å². The Morgan fingerprint density at radius 1 is 1.13 bits per heavy atom. The molecule has 0 saturated heterocycles. The summed E-state index contributed by atoms with van der Waals surface area (Å²) in [6, 6.07) is 5.40. The maximum absolute atomic E-state index is 12.2. The number of rotatable bonds is 4. The van der Waals surface area contributed by atoms with E-state index in [1.165, 1.54) is 0 Å². The van der Waals surface area contributed by atoms with E-state index in [1.54, 1.807) is 11.8 Å². The van der Waals surface area contributed by atoms with Crippen LogP contribution in [-0.4, -0.2) is 31.2 Å². The molecular formula is C24H36N2O3Si. The second kappa shape index (κ2) is 9.26. The van der Waals surface area contributed by atoms with Crippen molar-refractivity contribution in [2.45, 2.75) is 90.5 Å². The van der Waals surface area contributed by atoms with Crippen LogP contribution < -0.4 is 10.2 Å². The van der Waals surface area contributed by atoms with E-state index in [1.807, 2.05) is 25.1 Å². The van der Waals surface area contributed by atoms with Gasteiger partial charge in [0.1, 0.15) is 8.07 Å². The van der Waals surface area contributed by atoms with E-state index in [9.17, 15) is 14.7 Å². The molecule has 2 amide bonds. The van der Waals surface area contributed by atoms with Crippen LogP contribution in [0, 0.1) is 11.5 Å². The van der Waals surface area contributed by atoms with Crippen molar-refractivity contribution in [3.05, 3.63) is 29.3 Å². The van der Waals surface area contributed by atoms with Crippen LogP contribution in [0.25, 0.3) is 0 Å². The first kappa shape index (κ1) is 24.0. The monoisotopic (exact) mass is 428 g/mol. The van der Waals surface area contributed by atoms with Gasteiger partial charge in [0.25, 0.3) is 0 Å². The molecule has 0 spiro atoms. The van der Waals surface area contributed by atoms with E-state index >= 15 is 0 Å². The topological polar surface area (TPSA) is 69.6 Å². The smallest absolute Gasteiger partial charge is 0.405 e. The van der Waals surface area contributed by atoms with Crippen LogP contribution in [0.3, 0.4) is 0 Å². The number of hydrogen-bond acceptors (Lipinski definition) is 2. The number of benzene rings is 1. The summed E-state index contributed by atoms with van der Waals surface area (Å²) in [4.78, 5) is 25.3. The van der Waals surface area contributed by atoms with Gasteiger partial charge in [0, 0.05) is 24.2 Å². The molecule has 0 saturated carbocycles. The van der Waals surface area contributed by atoms with Crippen LogP contribution in [0.5, 0.6) is 0 Å². The van der Waals surface area contributed by atoms with Gasteiger partial charge in [-0.2, -0.15) is 0 Å². The van der Waals surface area contributed by atoms with Crippen molar-refractivity contribution in [2.24, 2.45) is 0 Å². The Morgan fingerprint density at radius 3 is 2.17 bits per heavy atom. The number of carbonyl (C=O) groups excluding carboxylic acids is 1. The van der Waals surface area contributed by atoms with Crippen molar-refractivity contribution in [2.75, 3.05) is 4.90 Å². The first-order valence-corrected chi connectivity index (χ1v) is 13.1. The Morgan fingerprint density at radius 2 is 1.70 bits per heavy atom. The van der Waals surface area contributed by atoms with Crippen LogP contribution in [0.15, 0.2) is 18.2 Å². The lowest BCUT2D eigenvalue weighted by atomic mass is 9.90. The molecule has 1 aliphatic heterocycles. The Hall–Kier alpha value is -2.26. The van der Waals surface area contributed by atoms with E-state index in [2.05, 4.69) is 58.3 Å². The molecule has 6 heteroatoms. The first-order valence-electron chi connectivity index (χ1n) is 10.9. The van der Waals surface area contributed by atoms with Gasteiger partial charge >= 0.3 is 6.09 Å². The van der Waals surface area contributed by atoms with Crippen LogP contribution in [0.4, 0.5) is 10.5 Å². The summed E-state index contributed by atoms with van der Waals surface area (Å²) in [7, 11) is -1.87. The predicted octanol–water partition coefficient (Wildman–Crippen LogP) is 5.71. The average Bonchev–Trinajstić information content (AvgIpc) is 2.60. The average molecular weight is 429 g/mol. The van der Waals surface area contributed by atoms with Crippen molar-refractivity contribution in [3.8, 4) is 11.5 Å². The highest BCUT2D eigenvalue weighted by atomic mass is 28.3. The number of carbonyl (C=O) groups is 2. The molecule has 1 aromatic rings. The van der Waals surface area contributed by atoms with Gasteiger partial charge in [0.2, 0.25) is 5.91 Å². The number of anilines is 1. The van der Waals surface area contributed by atoms with Gasteiger partial charge in [0.15, 0.2) is 0 Å². The summed E-state index contributed by atoms with van der Waals surface area (Å²) in [6.07, 6.45) is -0.518. The molecule has 0 bridgehead atoms. The molecule has 1 aromatic carbocycles. The molecule has 0 aromatic heterocycles. The third kappa shape index (κ3) is 4.56. The fraction of sp³-hybridized carbons (Fsp3) is 0.583. The Balaban J connectivity index is 2.58. The zero-order chi connectivity index (χ0) is 22.8. The summed E-state index contributed by atoms with van der Waals surface area (Å²) >= 11 is 0.